The second-order valence-corrected chi connectivity index (χ2v) is 10.2. The number of urea groups is 1. The van der Waals surface area contributed by atoms with Crippen molar-refractivity contribution in [1.82, 2.24) is 4.90 Å². The third-order valence-corrected chi connectivity index (χ3v) is 6.37. The van der Waals surface area contributed by atoms with Crippen molar-refractivity contribution in [2.24, 2.45) is 0 Å². The van der Waals surface area contributed by atoms with E-state index in [4.69, 9.17) is 0 Å². The van der Waals surface area contributed by atoms with Crippen molar-refractivity contribution in [1.29, 1.82) is 0 Å². The van der Waals surface area contributed by atoms with Gasteiger partial charge in [-0.05, 0) is 72.3 Å². The first-order valence-corrected chi connectivity index (χ1v) is 12.7. The molecule has 0 saturated heterocycles. The van der Waals surface area contributed by atoms with Crippen molar-refractivity contribution in [3.8, 4) is 0 Å². The number of aryl methyl sites for hydroxylation is 1. The molecule has 186 valence electrons. The Kier molecular flexibility index (Phi) is 9.11. The molecule has 35 heavy (non-hydrogen) atoms. The Labute approximate surface area is 212 Å². The second kappa shape index (κ2) is 12.0. The maximum atomic E-state index is 13.8. The lowest BCUT2D eigenvalue weighted by Crippen LogP contribution is -2.35. The van der Waals surface area contributed by atoms with Crippen molar-refractivity contribution in [3.05, 3.63) is 94.5 Å². The number of anilines is 2. The van der Waals surface area contributed by atoms with Gasteiger partial charge in [-0.1, -0.05) is 89.2 Å². The predicted octanol–water partition coefficient (Wildman–Crippen LogP) is 7.80. The molecule has 0 aliphatic rings. The summed E-state index contributed by atoms with van der Waals surface area (Å²) in [5.41, 5.74) is 7.79. The van der Waals surface area contributed by atoms with Crippen LogP contribution in [-0.4, -0.2) is 25.0 Å². The molecule has 3 rings (SSSR count). The van der Waals surface area contributed by atoms with E-state index < -0.39 is 0 Å². The van der Waals surface area contributed by atoms with E-state index in [0.29, 0.717) is 18.4 Å². The molecule has 0 atom stereocenters. The topological polar surface area (TPSA) is 35.6 Å². The minimum Gasteiger partial charge on any atom is -0.307 e. The van der Waals surface area contributed by atoms with Gasteiger partial charge in [0.1, 0.15) is 0 Å². The average molecular weight is 472 g/mol. The predicted molar refractivity (Wildman–Crippen MR) is 149 cm³/mol. The fourth-order valence-electron chi connectivity index (χ4n) is 4.36. The summed E-state index contributed by atoms with van der Waals surface area (Å²) < 4.78 is 0. The molecule has 0 heterocycles. The summed E-state index contributed by atoms with van der Waals surface area (Å²) in [5.74, 6) is 0.621. The minimum atomic E-state index is -0.110. The Morgan fingerprint density at radius 1 is 0.743 bits per heavy atom. The van der Waals surface area contributed by atoms with Crippen molar-refractivity contribution >= 4 is 17.4 Å². The molecule has 0 aromatic heterocycles. The van der Waals surface area contributed by atoms with Gasteiger partial charge in [0.05, 0.1) is 6.54 Å². The van der Waals surface area contributed by atoms with Gasteiger partial charge in [0.2, 0.25) is 0 Å². The van der Waals surface area contributed by atoms with Gasteiger partial charge in [-0.3, -0.25) is 4.90 Å². The number of carbonyl (C=O) groups is 1. The molecule has 0 fully saturated rings. The number of nitrogens with one attached hydrogen (secondary N) is 1. The van der Waals surface area contributed by atoms with E-state index in [2.05, 4.69) is 126 Å². The highest BCUT2D eigenvalue weighted by Gasteiger charge is 2.21. The van der Waals surface area contributed by atoms with Gasteiger partial charge < -0.3 is 10.2 Å². The highest BCUT2D eigenvalue weighted by Crippen LogP contribution is 2.33. The zero-order valence-electron chi connectivity index (χ0n) is 22.4. The van der Waals surface area contributed by atoms with Gasteiger partial charge in [0.15, 0.2) is 0 Å². The molecule has 0 spiro atoms. The molecule has 2 amide bonds. The Bertz CT molecular complexity index is 1070. The maximum absolute atomic E-state index is 13.8. The van der Waals surface area contributed by atoms with Crippen LogP contribution in [-0.2, 0) is 19.5 Å². The summed E-state index contributed by atoms with van der Waals surface area (Å²) in [5, 5.41) is 3.31. The SMILES string of the molecule is CCc1ccc(N(Cc2ccc(CN(C)C)cc2)C(=O)Nc2c(C(C)C)cccc2C(C)C)cc1. The smallest absolute Gasteiger partial charge is 0.307 e. The Morgan fingerprint density at radius 3 is 1.69 bits per heavy atom. The Balaban J connectivity index is 1.96. The standard InChI is InChI=1S/C31H41N3O/c1-8-24-16-18-27(19-17-24)34(21-26-14-12-25(13-15-26)20-33(6)7)31(35)32-30-28(22(2)3)10-9-11-29(30)23(4)5/h9-19,22-23H,8,20-21H2,1-7H3,(H,32,35). The quantitative estimate of drug-likeness (QED) is 0.346. The fourth-order valence-corrected chi connectivity index (χ4v) is 4.36. The molecule has 3 aromatic rings. The van der Waals surface area contributed by atoms with Crippen molar-refractivity contribution in [2.75, 3.05) is 24.3 Å². The first kappa shape index (κ1) is 26.5. The molecule has 0 aliphatic carbocycles. The number of para-hydroxylation sites is 1. The number of benzene rings is 3. The molecule has 0 saturated carbocycles. The molecule has 0 unspecified atom stereocenters. The van der Waals surface area contributed by atoms with Crippen LogP contribution in [0.2, 0.25) is 0 Å². The zero-order valence-corrected chi connectivity index (χ0v) is 22.4. The molecular formula is C31H41N3O. The third-order valence-electron chi connectivity index (χ3n) is 6.37. The average Bonchev–Trinajstić information content (AvgIpc) is 2.83. The van der Waals surface area contributed by atoms with E-state index in [-0.39, 0.29) is 6.03 Å². The number of nitrogens with zero attached hydrogens (tertiary/aromatic N) is 2. The Morgan fingerprint density at radius 2 is 1.23 bits per heavy atom. The van der Waals surface area contributed by atoms with Gasteiger partial charge in [-0.25, -0.2) is 4.79 Å². The van der Waals surface area contributed by atoms with Crippen LogP contribution in [0.5, 0.6) is 0 Å². The summed E-state index contributed by atoms with van der Waals surface area (Å²) in [7, 11) is 4.14. The molecule has 0 aliphatic heterocycles. The van der Waals surface area contributed by atoms with Gasteiger partial charge in [-0.15, -0.1) is 0 Å². The lowest BCUT2D eigenvalue weighted by molar-refractivity contribution is 0.256. The fraction of sp³-hybridized carbons (Fsp3) is 0.387. The van der Waals surface area contributed by atoms with Crippen LogP contribution in [0, 0.1) is 0 Å². The summed E-state index contributed by atoms with van der Waals surface area (Å²) in [6.07, 6.45) is 0.972. The number of hydrogen-bond donors (Lipinski definition) is 1. The summed E-state index contributed by atoms with van der Waals surface area (Å²) in [4.78, 5) is 17.8. The van der Waals surface area contributed by atoms with Gasteiger partial charge in [0.25, 0.3) is 0 Å². The molecule has 0 radical (unpaired) electrons. The third kappa shape index (κ3) is 6.95. The highest BCUT2D eigenvalue weighted by atomic mass is 16.2. The molecule has 4 heteroatoms. The van der Waals surface area contributed by atoms with E-state index in [1.165, 1.54) is 22.3 Å². The molecule has 4 nitrogen and oxygen atoms in total. The lowest BCUT2D eigenvalue weighted by Gasteiger charge is -2.27. The van der Waals surface area contributed by atoms with E-state index in [1.807, 2.05) is 4.90 Å². The second-order valence-electron chi connectivity index (χ2n) is 10.2. The van der Waals surface area contributed by atoms with Crippen LogP contribution in [0.15, 0.2) is 66.7 Å². The van der Waals surface area contributed by atoms with Crippen LogP contribution >= 0.6 is 0 Å². The number of rotatable bonds is 9. The monoisotopic (exact) mass is 471 g/mol. The minimum absolute atomic E-state index is 0.110. The maximum Gasteiger partial charge on any atom is 0.326 e. The normalized spacial score (nSPS) is 11.4. The first-order chi connectivity index (χ1) is 16.7. The number of carbonyl (C=O) groups excluding carboxylic acids is 1. The lowest BCUT2D eigenvalue weighted by atomic mass is 9.93. The van der Waals surface area contributed by atoms with Crippen LogP contribution in [0.3, 0.4) is 0 Å². The summed E-state index contributed by atoms with van der Waals surface area (Å²) >= 11 is 0. The largest absolute Gasteiger partial charge is 0.326 e. The molecule has 0 bridgehead atoms. The van der Waals surface area contributed by atoms with Crippen molar-refractivity contribution < 1.29 is 4.79 Å². The summed E-state index contributed by atoms with van der Waals surface area (Å²) in [6, 6.07) is 23.1. The van der Waals surface area contributed by atoms with Crippen LogP contribution in [0.25, 0.3) is 0 Å². The number of hydrogen-bond acceptors (Lipinski definition) is 2. The zero-order chi connectivity index (χ0) is 25.5. The van der Waals surface area contributed by atoms with Gasteiger partial charge in [-0.2, -0.15) is 0 Å². The van der Waals surface area contributed by atoms with Crippen LogP contribution < -0.4 is 10.2 Å². The Hall–Kier alpha value is -3.11. The van der Waals surface area contributed by atoms with Gasteiger partial charge >= 0.3 is 6.03 Å². The first-order valence-electron chi connectivity index (χ1n) is 12.7. The summed E-state index contributed by atoms with van der Waals surface area (Å²) in [6.45, 7) is 12.2. The highest BCUT2D eigenvalue weighted by molar-refractivity contribution is 6.02. The van der Waals surface area contributed by atoms with E-state index >= 15 is 0 Å². The van der Waals surface area contributed by atoms with E-state index in [0.717, 1.165) is 29.9 Å². The van der Waals surface area contributed by atoms with Gasteiger partial charge in [0, 0.05) is 17.9 Å². The van der Waals surface area contributed by atoms with Crippen LogP contribution in [0.4, 0.5) is 16.2 Å². The molecular weight excluding hydrogens is 430 g/mol. The van der Waals surface area contributed by atoms with Crippen molar-refractivity contribution in [2.45, 2.75) is 66.0 Å². The number of amides is 2. The molecule has 1 N–H and O–H groups in total. The van der Waals surface area contributed by atoms with Crippen LogP contribution in [0.1, 0.15) is 74.3 Å². The molecule has 3 aromatic carbocycles. The van der Waals surface area contributed by atoms with Crippen molar-refractivity contribution in [3.63, 3.8) is 0 Å². The van der Waals surface area contributed by atoms with E-state index in [1.54, 1.807) is 0 Å². The van der Waals surface area contributed by atoms with E-state index in [9.17, 15) is 4.79 Å².